The number of nitrogens with zero attached hydrogens (tertiary/aromatic N) is 1. The van der Waals surface area contributed by atoms with Crippen molar-refractivity contribution in [2.75, 3.05) is 19.0 Å². The van der Waals surface area contributed by atoms with E-state index in [0.29, 0.717) is 19.5 Å². The summed E-state index contributed by atoms with van der Waals surface area (Å²) in [7, 11) is 4.03. The van der Waals surface area contributed by atoms with Gasteiger partial charge in [0.15, 0.2) is 0 Å². The number of furan rings is 1. The zero-order valence-corrected chi connectivity index (χ0v) is 21.0. The number of amides is 1. The lowest BCUT2D eigenvalue weighted by Gasteiger charge is -2.29. The Morgan fingerprint density at radius 2 is 1.72 bits per heavy atom. The minimum absolute atomic E-state index is 0.0550. The van der Waals surface area contributed by atoms with Crippen molar-refractivity contribution in [1.29, 1.82) is 0 Å². The summed E-state index contributed by atoms with van der Waals surface area (Å²) in [5.74, 6) is 0.744. The fraction of sp³-hybridized carbons (Fsp3) is 0.233. The summed E-state index contributed by atoms with van der Waals surface area (Å²) in [6, 6.07) is 26.4. The van der Waals surface area contributed by atoms with Gasteiger partial charge in [-0.15, -0.1) is 0 Å². The Bertz CT molecular complexity index is 1450. The number of hydrogen-bond acceptors (Lipinski definition) is 4. The van der Waals surface area contributed by atoms with Gasteiger partial charge in [-0.05, 0) is 48.4 Å². The van der Waals surface area contributed by atoms with Gasteiger partial charge in [-0.3, -0.25) is 10.1 Å². The summed E-state index contributed by atoms with van der Waals surface area (Å²) in [6.45, 7) is 2.86. The highest BCUT2D eigenvalue weighted by atomic mass is 16.3. The highest BCUT2D eigenvalue weighted by molar-refractivity contribution is 5.89. The number of rotatable bonds is 9. The Labute approximate surface area is 211 Å². The number of hydrogen-bond donors (Lipinski definition) is 3. The zero-order chi connectivity index (χ0) is 25.1. The molecule has 0 aliphatic heterocycles. The van der Waals surface area contributed by atoms with Crippen LogP contribution in [0.15, 0.2) is 89.5 Å². The zero-order valence-electron chi connectivity index (χ0n) is 21.0. The molecule has 0 bridgehead atoms. The first-order valence-corrected chi connectivity index (χ1v) is 12.2. The van der Waals surface area contributed by atoms with Crippen molar-refractivity contribution in [3.05, 3.63) is 102 Å². The third-order valence-electron chi connectivity index (χ3n) is 6.76. The second-order valence-corrected chi connectivity index (χ2v) is 9.72. The molecule has 0 saturated carbocycles. The Balaban J connectivity index is 1.36. The molecule has 0 fully saturated rings. The van der Waals surface area contributed by atoms with E-state index in [4.69, 9.17) is 4.42 Å². The number of anilines is 1. The van der Waals surface area contributed by atoms with Crippen molar-refractivity contribution >= 4 is 33.5 Å². The molecule has 1 unspecified atom stereocenters. The van der Waals surface area contributed by atoms with Crippen molar-refractivity contribution in [2.24, 2.45) is 0 Å². The number of H-pyrrole nitrogens is 1. The van der Waals surface area contributed by atoms with Crippen LogP contribution in [-0.2, 0) is 24.3 Å². The highest BCUT2D eigenvalue weighted by Gasteiger charge is 2.34. The minimum Gasteiger partial charge on any atom is -0.460 e. The lowest BCUT2D eigenvalue weighted by Crippen LogP contribution is -2.55. The van der Waals surface area contributed by atoms with Crippen LogP contribution in [0.3, 0.4) is 0 Å². The van der Waals surface area contributed by atoms with E-state index >= 15 is 0 Å². The molecule has 6 nitrogen and oxygen atoms in total. The van der Waals surface area contributed by atoms with E-state index < -0.39 is 5.54 Å². The largest absolute Gasteiger partial charge is 0.460 e. The van der Waals surface area contributed by atoms with E-state index in [0.717, 1.165) is 44.4 Å². The number of carbonyl (C=O) groups excluding carboxylic acids is 1. The molecule has 2 heterocycles. The van der Waals surface area contributed by atoms with Gasteiger partial charge in [0.1, 0.15) is 11.3 Å². The molecule has 36 heavy (non-hydrogen) atoms. The molecule has 2 aromatic heterocycles. The van der Waals surface area contributed by atoms with E-state index in [9.17, 15) is 4.79 Å². The monoisotopic (exact) mass is 480 g/mol. The van der Waals surface area contributed by atoms with E-state index in [2.05, 4.69) is 56.9 Å². The summed E-state index contributed by atoms with van der Waals surface area (Å²) in [6.07, 6.45) is 2.53. The first-order chi connectivity index (χ1) is 17.4. The van der Waals surface area contributed by atoms with Gasteiger partial charge >= 0.3 is 0 Å². The highest BCUT2D eigenvalue weighted by Crippen LogP contribution is 2.25. The molecule has 0 aliphatic rings. The van der Waals surface area contributed by atoms with Crippen LogP contribution in [0.25, 0.3) is 21.9 Å². The van der Waals surface area contributed by atoms with E-state index in [1.807, 2.05) is 69.7 Å². The standard InChI is InChI=1S/C30H32N4O2/c1-30(17-23-19-31-27-10-6-5-9-26(23)27,33-20-25-16-22-8-4-7-11-28(22)36-25)29(35)32-18-21-12-14-24(15-13-21)34(2)3/h4-16,19,31,33H,17-18,20H2,1-3H3,(H,32,35). The third-order valence-corrected chi connectivity index (χ3v) is 6.76. The molecule has 1 amide bonds. The average molecular weight is 481 g/mol. The number of aromatic nitrogens is 1. The van der Waals surface area contributed by atoms with Gasteiger partial charge in [0.05, 0.1) is 12.1 Å². The molecule has 6 heteroatoms. The van der Waals surface area contributed by atoms with Crippen LogP contribution < -0.4 is 15.5 Å². The Morgan fingerprint density at radius 3 is 2.50 bits per heavy atom. The van der Waals surface area contributed by atoms with Crippen molar-refractivity contribution < 1.29 is 9.21 Å². The molecule has 1 atom stereocenters. The topological polar surface area (TPSA) is 73.3 Å². The predicted octanol–water partition coefficient (Wildman–Crippen LogP) is 5.39. The maximum Gasteiger partial charge on any atom is 0.240 e. The number of fused-ring (bicyclic) bond motifs is 2. The lowest BCUT2D eigenvalue weighted by atomic mass is 9.91. The predicted molar refractivity (Wildman–Crippen MR) is 146 cm³/mol. The molecule has 0 saturated heterocycles. The number of aromatic amines is 1. The molecule has 5 aromatic rings. The number of carbonyl (C=O) groups is 1. The molecule has 3 aromatic carbocycles. The lowest BCUT2D eigenvalue weighted by molar-refractivity contribution is -0.127. The quantitative estimate of drug-likeness (QED) is 0.265. The van der Waals surface area contributed by atoms with Gasteiger partial charge < -0.3 is 19.6 Å². The fourth-order valence-corrected chi connectivity index (χ4v) is 4.58. The molecule has 5 rings (SSSR count). The molecule has 0 spiro atoms. The normalized spacial score (nSPS) is 13.1. The van der Waals surface area contributed by atoms with E-state index in [1.165, 1.54) is 0 Å². The Hall–Kier alpha value is -4.03. The van der Waals surface area contributed by atoms with Crippen LogP contribution in [0.4, 0.5) is 5.69 Å². The van der Waals surface area contributed by atoms with E-state index in [-0.39, 0.29) is 5.91 Å². The first-order valence-electron chi connectivity index (χ1n) is 12.2. The van der Waals surface area contributed by atoms with Crippen LogP contribution in [0, 0.1) is 0 Å². The SMILES string of the molecule is CN(C)c1ccc(CNC(=O)C(C)(Cc2c[nH]c3ccccc23)NCc2cc3ccccc3o2)cc1. The molecule has 3 N–H and O–H groups in total. The molecular weight excluding hydrogens is 448 g/mol. The van der Waals surface area contributed by atoms with Gasteiger partial charge in [0.2, 0.25) is 5.91 Å². The summed E-state index contributed by atoms with van der Waals surface area (Å²) < 4.78 is 6.00. The van der Waals surface area contributed by atoms with Gasteiger partial charge in [-0.25, -0.2) is 0 Å². The number of benzene rings is 3. The fourth-order valence-electron chi connectivity index (χ4n) is 4.58. The van der Waals surface area contributed by atoms with Gasteiger partial charge in [-0.2, -0.15) is 0 Å². The van der Waals surface area contributed by atoms with Crippen LogP contribution in [0.1, 0.15) is 23.8 Å². The average Bonchev–Trinajstić information content (AvgIpc) is 3.50. The van der Waals surface area contributed by atoms with Crippen molar-refractivity contribution in [3.8, 4) is 0 Å². The van der Waals surface area contributed by atoms with Crippen molar-refractivity contribution in [3.63, 3.8) is 0 Å². The number of para-hydroxylation sites is 2. The maximum absolute atomic E-state index is 13.6. The molecular formula is C30H32N4O2. The first kappa shape index (κ1) is 23.7. The maximum atomic E-state index is 13.6. The molecule has 0 aliphatic carbocycles. The second kappa shape index (κ2) is 9.91. The molecule has 184 valence electrons. The smallest absolute Gasteiger partial charge is 0.240 e. The van der Waals surface area contributed by atoms with E-state index in [1.54, 1.807) is 0 Å². The Kier molecular flexibility index (Phi) is 6.53. The molecule has 0 radical (unpaired) electrons. The number of nitrogens with one attached hydrogen (secondary N) is 3. The van der Waals surface area contributed by atoms with Crippen molar-refractivity contribution in [2.45, 2.75) is 32.0 Å². The van der Waals surface area contributed by atoms with Crippen molar-refractivity contribution in [1.82, 2.24) is 15.6 Å². The summed E-state index contributed by atoms with van der Waals surface area (Å²) >= 11 is 0. The van der Waals surface area contributed by atoms with Crippen LogP contribution in [0.2, 0.25) is 0 Å². The van der Waals surface area contributed by atoms with Crippen LogP contribution in [0.5, 0.6) is 0 Å². The minimum atomic E-state index is -0.854. The van der Waals surface area contributed by atoms with Gasteiger partial charge in [0, 0.05) is 55.2 Å². The van der Waals surface area contributed by atoms with Crippen LogP contribution in [-0.4, -0.2) is 30.5 Å². The van der Waals surface area contributed by atoms with Gasteiger partial charge in [0.25, 0.3) is 0 Å². The summed E-state index contributed by atoms with van der Waals surface area (Å²) in [5, 5.41) is 8.85. The second-order valence-electron chi connectivity index (χ2n) is 9.72. The van der Waals surface area contributed by atoms with Crippen LogP contribution >= 0.6 is 0 Å². The summed E-state index contributed by atoms with van der Waals surface area (Å²) in [5.41, 5.74) is 4.33. The van der Waals surface area contributed by atoms with Gasteiger partial charge in [-0.1, -0.05) is 48.5 Å². The summed E-state index contributed by atoms with van der Waals surface area (Å²) in [4.78, 5) is 19.0. The third kappa shape index (κ3) is 4.99. The Morgan fingerprint density at radius 1 is 0.972 bits per heavy atom.